The van der Waals surface area contributed by atoms with Crippen LogP contribution in [0, 0.1) is 11.8 Å². The van der Waals surface area contributed by atoms with Gasteiger partial charge >= 0.3 is 12.1 Å². The molecule has 0 radical (unpaired) electrons. The van der Waals surface area contributed by atoms with Gasteiger partial charge in [-0.3, -0.25) is 4.79 Å². The number of carbonyl (C=O) groups is 2. The summed E-state index contributed by atoms with van der Waals surface area (Å²) in [6.45, 7) is 6.87. The quantitative estimate of drug-likeness (QED) is 0.813. The number of carboxylic acids is 1. The summed E-state index contributed by atoms with van der Waals surface area (Å²) in [5.41, 5.74) is -0.528. The van der Waals surface area contributed by atoms with Crippen molar-refractivity contribution in [2.45, 2.75) is 39.2 Å². The molecule has 19 heavy (non-hydrogen) atoms. The molecule has 6 nitrogen and oxygen atoms in total. The molecular formula is C13H23NO5. The van der Waals surface area contributed by atoms with Crippen molar-refractivity contribution >= 4 is 12.1 Å². The second kappa shape index (κ2) is 6.75. The third-order valence-corrected chi connectivity index (χ3v) is 2.98. The van der Waals surface area contributed by atoms with Crippen molar-refractivity contribution in [2.75, 3.05) is 19.8 Å². The van der Waals surface area contributed by atoms with E-state index in [9.17, 15) is 9.59 Å². The van der Waals surface area contributed by atoms with E-state index < -0.39 is 17.7 Å². The van der Waals surface area contributed by atoms with Crippen LogP contribution in [0.5, 0.6) is 0 Å². The average Bonchev–Trinajstić information content (AvgIpc) is 2.24. The number of nitrogens with one attached hydrogen (secondary N) is 1. The lowest BCUT2D eigenvalue weighted by Crippen LogP contribution is -2.40. The Hall–Kier alpha value is -1.30. The lowest BCUT2D eigenvalue weighted by Gasteiger charge is -2.31. The van der Waals surface area contributed by atoms with Gasteiger partial charge in [0.15, 0.2) is 0 Å². The van der Waals surface area contributed by atoms with Crippen molar-refractivity contribution < 1.29 is 24.2 Å². The highest BCUT2D eigenvalue weighted by Crippen LogP contribution is 2.24. The van der Waals surface area contributed by atoms with Gasteiger partial charge in [0, 0.05) is 13.2 Å². The Morgan fingerprint density at radius 3 is 2.63 bits per heavy atom. The molecule has 0 aliphatic carbocycles. The Morgan fingerprint density at radius 2 is 2.05 bits per heavy atom. The van der Waals surface area contributed by atoms with Crippen LogP contribution in [0.25, 0.3) is 0 Å². The van der Waals surface area contributed by atoms with Gasteiger partial charge in [0.1, 0.15) is 5.60 Å². The van der Waals surface area contributed by atoms with Crippen molar-refractivity contribution in [2.24, 2.45) is 11.8 Å². The van der Waals surface area contributed by atoms with Crippen LogP contribution in [0.3, 0.4) is 0 Å². The molecule has 1 aliphatic rings. The van der Waals surface area contributed by atoms with Gasteiger partial charge in [-0.15, -0.1) is 0 Å². The molecule has 2 atom stereocenters. The van der Waals surface area contributed by atoms with Crippen molar-refractivity contribution in [3.63, 3.8) is 0 Å². The Balaban J connectivity index is 2.40. The largest absolute Gasteiger partial charge is 0.481 e. The summed E-state index contributed by atoms with van der Waals surface area (Å²) in [5.74, 6) is -0.767. The minimum absolute atomic E-state index is 0.0545. The fourth-order valence-corrected chi connectivity index (χ4v) is 2.09. The maximum Gasteiger partial charge on any atom is 0.407 e. The van der Waals surface area contributed by atoms with Crippen LogP contribution in [0.15, 0.2) is 0 Å². The number of hydrogen-bond acceptors (Lipinski definition) is 4. The maximum atomic E-state index is 11.5. The number of aliphatic carboxylic acids is 1. The topological polar surface area (TPSA) is 84.9 Å². The summed E-state index contributed by atoms with van der Waals surface area (Å²) in [5, 5.41) is 11.5. The third kappa shape index (κ3) is 6.42. The molecule has 0 spiro atoms. The first kappa shape index (κ1) is 15.8. The molecule has 0 aromatic carbocycles. The summed E-state index contributed by atoms with van der Waals surface area (Å²) in [7, 11) is 0. The molecule has 0 aromatic rings. The fraction of sp³-hybridized carbons (Fsp3) is 0.846. The normalized spacial score (nSPS) is 23.7. The van der Waals surface area contributed by atoms with E-state index in [-0.39, 0.29) is 18.3 Å². The van der Waals surface area contributed by atoms with Gasteiger partial charge in [0.05, 0.1) is 13.0 Å². The molecule has 1 aliphatic heterocycles. The van der Waals surface area contributed by atoms with E-state index in [4.69, 9.17) is 14.6 Å². The van der Waals surface area contributed by atoms with Crippen LogP contribution < -0.4 is 5.32 Å². The van der Waals surface area contributed by atoms with Gasteiger partial charge in [-0.2, -0.15) is 0 Å². The Kier molecular flexibility index (Phi) is 5.60. The first-order valence-corrected chi connectivity index (χ1v) is 6.54. The maximum absolute atomic E-state index is 11.5. The van der Waals surface area contributed by atoms with Gasteiger partial charge in [-0.25, -0.2) is 4.79 Å². The lowest BCUT2D eigenvalue weighted by molar-refractivity contribution is -0.140. The molecule has 0 unspecified atom stereocenters. The van der Waals surface area contributed by atoms with Crippen LogP contribution in [-0.2, 0) is 14.3 Å². The second-order valence-electron chi connectivity index (χ2n) is 5.86. The van der Waals surface area contributed by atoms with E-state index in [1.807, 2.05) is 0 Å². The molecule has 1 heterocycles. The van der Waals surface area contributed by atoms with Crippen molar-refractivity contribution in [3.8, 4) is 0 Å². The van der Waals surface area contributed by atoms with E-state index in [0.717, 1.165) is 6.42 Å². The number of alkyl carbamates (subject to hydrolysis) is 1. The van der Waals surface area contributed by atoms with Gasteiger partial charge in [-0.1, -0.05) is 0 Å². The van der Waals surface area contributed by atoms with Gasteiger partial charge in [0.2, 0.25) is 0 Å². The summed E-state index contributed by atoms with van der Waals surface area (Å²) < 4.78 is 10.4. The summed E-state index contributed by atoms with van der Waals surface area (Å²) in [6.07, 6.45) is 0.363. The molecule has 1 rings (SSSR count). The monoisotopic (exact) mass is 273 g/mol. The van der Waals surface area contributed by atoms with Crippen molar-refractivity contribution in [1.29, 1.82) is 0 Å². The van der Waals surface area contributed by atoms with Gasteiger partial charge < -0.3 is 19.9 Å². The van der Waals surface area contributed by atoms with Crippen LogP contribution in [-0.4, -0.2) is 42.5 Å². The van der Waals surface area contributed by atoms with Crippen LogP contribution >= 0.6 is 0 Å². The SMILES string of the molecule is CC(C)(C)OC(=O)NC[C@@H]1CCOC[C@H]1CC(=O)O. The van der Waals surface area contributed by atoms with E-state index in [1.54, 1.807) is 20.8 Å². The first-order valence-electron chi connectivity index (χ1n) is 6.54. The molecule has 2 N–H and O–H groups in total. The van der Waals surface area contributed by atoms with Crippen molar-refractivity contribution in [3.05, 3.63) is 0 Å². The second-order valence-corrected chi connectivity index (χ2v) is 5.86. The smallest absolute Gasteiger partial charge is 0.407 e. The highest BCUT2D eigenvalue weighted by molar-refractivity contribution is 5.68. The minimum atomic E-state index is -0.835. The summed E-state index contributed by atoms with van der Waals surface area (Å²) in [4.78, 5) is 22.3. The highest BCUT2D eigenvalue weighted by Gasteiger charge is 2.28. The number of hydrogen-bond donors (Lipinski definition) is 2. The fourth-order valence-electron chi connectivity index (χ4n) is 2.09. The molecule has 0 bridgehead atoms. The van der Waals surface area contributed by atoms with Crippen LogP contribution in [0.2, 0.25) is 0 Å². The molecule has 110 valence electrons. The zero-order valence-corrected chi connectivity index (χ0v) is 11.8. The Bertz CT molecular complexity index is 323. The van der Waals surface area contributed by atoms with E-state index in [2.05, 4.69) is 5.32 Å². The van der Waals surface area contributed by atoms with Gasteiger partial charge in [-0.05, 0) is 39.0 Å². The van der Waals surface area contributed by atoms with Crippen molar-refractivity contribution in [1.82, 2.24) is 5.32 Å². The number of rotatable bonds is 4. The molecule has 1 saturated heterocycles. The predicted molar refractivity (Wildman–Crippen MR) is 68.9 cm³/mol. The van der Waals surface area contributed by atoms with Gasteiger partial charge in [0.25, 0.3) is 0 Å². The standard InChI is InChI=1S/C13H23NO5/c1-13(2,3)19-12(17)14-7-9-4-5-18-8-10(9)6-11(15)16/h9-10H,4-8H2,1-3H3,(H,14,17)(H,15,16)/t9-,10+/m0/s1. The minimum Gasteiger partial charge on any atom is -0.481 e. The summed E-state index contributed by atoms with van der Waals surface area (Å²) in [6, 6.07) is 0. The molecule has 1 amide bonds. The zero-order chi connectivity index (χ0) is 14.5. The zero-order valence-electron chi connectivity index (χ0n) is 11.8. The Morgan fingerprint density at radius 1 is 1.37 bits per heavy atom. The number of amides is 1. The number of carbonyl (C=O) groups excluding carboxylic acids is 1. The van der Waals surface area contributed by atoms with Crippen LogP contribution in [0.1, 0.15) is 33.6 Å². The molecule has 0 saturated carbocycles. The first-order chi connectivity index (χ1) is 8.78. The van der Waals surface area contributed by atoms with E-state index in [0.29, 0.717) is 19.8 Å². The van der Waals surface area contributed by atoms with E-state index >= 15 is 0 Å². The molecule has 0 aromatic heterocycles. The summed E-state index contributed by atoms with van der Waals surface area (Å²) >= 11 is 0. The van der Waals surface area contributed by atoms with Crippen LogP contribution in [0.4, 0.5) is 4.79 Å². The molecule has 6 heteroatoms. The number of carboxylic acid groups (broad SMARTS) is 1. The molecular weight excluding hydrogens is 250 g/mol. The van der Waals surface area contributed by atoms with E-state index in [1.165, 1.54) is 0 Å². The lowest BCUT2D eigenvalue weighted by atomic mass is 9.86. The Labute approximate surface area is 113 Å². The average molecular weight is 273 g/mol. The molecule has 1 fully saturated rings. The predicted octanol–water partition coefficient (Wildman–Crippen LogP) is 1.64. The third-order valence-electron chi connectivity index (χ3n) is 2.98. The number of ether oxygens (including phenoxy) is 2. The highest BCUT2D eigenvalue weighted by atomic mass is 16.6.